The minimum Gasteiger partial charge on any atom is -0.311 e. The third-order valence-electron chi connectivity index (χ3n) is 3.10. The zero-order chi connectivity index (χ0) is 13.0. The maximum atomic E-state index is 12.1. The molecular weight excluding hydrogens is 244 g/mol. The normalized spacial score (nSPS) is 14.1. The first-order chi connectivity index (χ1) is 8.68. The number of thioether (sulfide) groups is 1. The molecule has 0 radical (unpaired) electrons. The number of carbonyl (C=O) groups excluding carboxylic acids is 1. The molecule has 1 aliphatic rings. The Balaban J connectivity index is 1.84. The fourth-order valence-corrected chi connectivity index (χ4v) is 3.05. The van der Waals surface area contributed by atoms with E-state index >= 15 is 0 Å². The summed E-state index contributed by atoms with van der Waals surface area (Å²) >= 11 is 1.72. The molecule has 3 nitrogen and oxygen atoms in total. The summed E-state index contributed by atoms with van der Waals surface area (Å²) in [7, 11) is 4.11. The van der Waals surface area contributed by atoms with Crippen molar-refractivity contribution in [1.29, 1.82) is 0 Å². The lowest BCUT2D eigenvalue weighted by molar-refractivity contribution is -0.116. The average Bonchev–Trinajstić information content (AvgIpc) is 2.78. The second-order valence-corrected chi connectivity index (χ2v) is 5.89. The smallest absolute Gasteiger partial charge is 0.236 e. The van der Waals surface area contributed by atoms with Gasteiger partial charge in [0.25, 0.3) is 0 Å². The van der Waals surface area contributed by atoms with Gasteiger partial charge in [0, 0.05) is 24.5 Å². The van der Waals surface area contributed by atoms with E-state index in [2.05, 4.69) is 25.1 Å². The van der Waals surface area contributed by atoms with Gasteiger partial charge in [-0.05, 0) is 32.1 Å². The Kier molecular flexibility index (Phi) is 4.66. The zero-order valence-corrected chi connectivity index (χ0v) is 11.9. The van der Waals surface area contributed by atoms with Crippen LogP contribution < -0.4 is 4.90 Å². The van der Waals surface area contributed by atoms with Crippen molar-refractivity contribution >= 4 is 23.4 Å². The van der Waals surface area contributed by atoms with Crippen LogP contribution in [0.1, 0.15) is 5.56 Å². The molecule has 0 unspecified atom stereocenters. The number of anilines is 1. The van der Waals surface area contributed by atoms with E-state index < -0.39 is 0 Å². The second-order valence-electron chi connectivity index (χ2n) is 4.78. The summed E-state index contributed by atoms with van der Waals surface area (Å²) in [4.78, 5) is 16.2. The highest BCUT2D eigenvalue weighted by Gasteiger charge is 2.23. The van der Waals surface area contributed by atoms with Gasteiger partial charge in [-0.3, -0.25) is 4.79 Å². The lowest BCUT2D eigenvalue weighted by atomic mass is 10.2. The number of amides is 1. The molecule has 1 heterocycles. The van der Waals surface area contributed by atoms with E-state index in [1.54, 1.807) is 11.8 Å². The van der Waals surface area contributed by atoms with Gasteiger partial charge in [-0.15, -0.1) is 0 Å². The Morgan fingerprint density at radius 3 is 2.94 bits per heavy atom. The summed E-state index contributed by atoms with van der Waals surface area (Å²) in [5, 5.41) is 0. The van der Waals surface area contributed by atoms with Crippen LogP contribution in [0.2, 0.25) is 0 Å². The number of para-hydroxylation sites is 1. The molecule has 1 aromatic rings. The maximum absolute atomic E-state index is 12.1. The predicted molar refractivity (Wildman–Crippen MR) is 78.4 cm³/mol. The molecule has 0 N–H and O–H groups in total. The highest BCUT2D eigenvalue weighted by Crippen LogP contribution is 2.27. The van der Waals surface area contributed by atoms with Crippen molar-refractivity contribution < 1.29 is 4.79 Å². The van der Waals surface area contributed by atoms with E-state index in [1.807, 2.05) is 23.1 Å². The van der Waals surface area contributed by atoms with Gasteiger partial charge in [0.2, 0.25) is 5.91 Å². The van der Waals surface area contributed by atoms with Crippen LogP contribution in [0.3, 0.4) is 0 Å². The van der Waals surface area contributed by atoms with Gasteiger partial charge in [0.05, 0.1) is 5.75 Å². The maximum Gasteiger partial charge on any atom is 0.236 e. The van der Waals surface area contributed by atoms with Gasteiger partial charge in [0.15, 0.2) is 0 Å². The molecule has 1 amide bonds. The van der Waals surface area contributed by atoms with Crippen LogP contribution >= 0.6 is 11.8 Å². The summed E-state index contributed by atoms with van der Waals surface area (Å²) in [6.45, 7) is 1.86. The van der Waals surface area contributed by atoms with Crippen LogP contribution in [0, 0.1) is 0 Å². The molecular formula is C14H20N2OS. The highest BCUT2D eigenvalue weighted by atomic mass is 32.2. The average molecular weight is 264 g/mol. The first-order valence-electron chi connectivity index (χ1n) is 6.29. The summed E-state index contributed by atoms with van der Waals surface area (Å²) < 4.78 is 0. The van der Waals surface area contributed by atoms with Crippen molar-refractivity contribution in [2.45, 2.75) is 6.42 Å². The largest absolute Gasteiger partial charge is 0.311 e. The van der Waals surface area contributed by atoms with Gasteiger partial charge in [0.1, 0.15) is 0 Å². The molecule has 0 saturated heterocycles. The van der Waals surface area contributed by atoms with E-state index in [0.29, 0.717) is 5.75 Å². The van der Waals surface area contributed by atoms with Crippen molar-refractivity contribution in [2.24, 2.45) is 0 Å². The first kappa shape index (κ1) is 13.4. The molecule has 1 aromatic carbocycles. The lowest BCUT2D eigenvalue weighted by Gasteiger charge is -2.17. The quantitative estimate of drug-likeness (QED) is 0.759. The van der Waals surface area contributed by atoms with E-state index in [0.717, 1.165) is 31.0 Å². The van der Waals surface area contributed by atoms with Gasteiger partial charge in [-0.2, -0.15) is 11.8 Å². The Hall–Kier alpha value is -1.00. The van der Waals surface area contributed by atoms with Crippen LogP contribution in [0.25, 0.3) is 0 Å². The van der Waals surface area contributed by atoms with Crippen LogP contribution in [0.15, 0.2) is 24.3 Å². The van der Waals surface area contributed by atoms with E-state index in [4.69, 9.17) is 0 Å². The molecule has 0 fully saturated rings. The third-order valence-corrected chi connectivity index (χ3v) is 4.02. The van der Waals surface area contributed by atoms with Crippen molar-refractivity contribution in [1.82, 2.24) is 4.90 Å². The molecule has 0 saturated carbocycles. The topological polar surface area (TPSA) is 23.6 Å². The molecule has 0 bridgehead atoms. The summed E-state index contributed by atoms with van der Waals surface area (Å²) in [6, 6.07) is 8.20. The standard InChI is InChI=1S/C14H20N2OS/c1-15(2)9-10-18-11-14(17)16-8-7-12-5-3-4-6-13(12)16/h3-6H,7-11H2,1-2H3. The van der Waals surface area contributed by atoms with Crippen LogP contribution in [-0.4, -0.2) is 49.5 Å². The van der Waals surface area contributed by atoms with E-state index in [-0.39, 0.29) is 5.91 Å². The number of hydrogen-bond donors (Lipinski definition) is 0. The highest BCUT2D eigenvalue weighted by molar-refractivity contribution is 7.99. The Labute approximate surface area is 113 Å². The fraction of sp³-hybridized carbons (Fsp3) is 0.500. The third kappa shape index (κ3) is 3.27. The molecule has 2 rings (SSSR count). The monoisotopic (exact) mass is 264 g/mol. The van der Waals surface area contributed by atoms with Crippen molar-refractivity contribution in [3.63, 3.8) is 0 Å². The minimum atomic E-state index is 0.240. The minimum absolute atomic E-state index is 0.240. The number of benzene rings is 1. The SMILES string of the molecule is CN(C)CCSCC(=O)N1CCc2ccccc21. The molecule has 0 spiro atoms. The Bertz CT molecular complexity index is 420. The fourth-order valence-electron chi connectivity index (χ4n) is 2.08. The molecule has 98 valence electrons. The summed E-state index contributed by atoms with van der Waals surface area (Å²) in [5.41, 5.74) is 2.40. The predicted octanol–water partition coefficient (Wildman–Crippen LogP) is 1.87. The van der Waals surface area contributed by atoms with E-state index in [1.165, 1.54) is 5.56 Å². The van der Waals surface area contributed by atoms with Crippen molar-refractivity contribution in [3.8, 4) is 0 Å². The molecule has 0 atom stereocenters. The molecule has 0 aromatic heterocycles. The molecule has 1 aliphatic heterocycles. The van der Waals surface area contributed by atoms with Gasteiger partial charge >= 0.3 is 0 Å². The number of fused-ring (bicyclic) bond motifs is 1. The molecule has 0 aliphatic carbocycles. The summed E-state index contributed by atoms with van der Waals surface area (Å²) in [6.07, 6.45) is 0.990. The molecule has 4 heteroatoms. The first-order valence-corrected chi connectivity index (χ1v) is 7.44. The van der Waals surface area contributed by atoms with Crippen LogP contribution in [0.5, 0.6) is 0 Å². The van der Waals surface area contributed by atoms with Gasteiger partial charge in [-0.25, -0.2) is 0 Å². The Morgan fingerprint density at radius 2 is 2.17 bits per heavy atom. The zero-order valence-electron chi connectivity index (χ0n) is 11.1. The number of nitrogens with zero attached hydrogens (tertiary/aromatic N) is 2. The molecule has 18 heavy (non-hydrogen) atoms. The lowest BCUT2D eigenvalue weighted by Crippen LogP contribution is -2.30. The summed E-state index contributed by atoms with van der Waals surface area (Å²) in [5.74, 6) is 1.83. The number of carbonyl (C=O) groups is 1. The van der Waals surface area contributed by atoms with Crippen molar-refractivity contribution in [2.75, 3.05) is 43.6 Å². The second kappa shape index (κ2) is 6.25. The van der Waals surface area contributed by atoms with Crippen molar-refractivity contribution in [3.05, 3.63) is 29.8 Å². The van der Waals surface area contributed by atoms with Crippen LogP contribution in [-0.2, 0) is 11.2 Å². The van der Waals surface area contributed by atoms with Gasteiger partial charge < -0.3 is 9.80 Å². The number of rotatable bonds is 5. The van der Waals surface area contributed by atoms with E-state index in [9.17, 15) is 4.79 Å². The van der Waals surface area contributed by atoms with Gasteiger partial charge in [-0.1, -0.05) is 18.2 Å². The van der Waals surface area contributed by atoms with Crippen LogP contribution in [0.4, 0.5) is 5.69 Å². The Morgan fingerprint density at radius 1 is 1.39 bits per heavy atom. The number of hydrogen-bond acceptors (Lipinski definition) is 3.